The summed E-state index contributed by atoms with van der Waals surface area (Å²) in [5.41, 5.74) is 1.16. The molecule has 0 radical (unpaired) electrons. The van der Waals surface area contributed by atoms with Gasteiger partial charge in [0.15, 0.2) is 5.78 Å². The van der Waals surface area contributed by atoms with Gasteiger partial charge in [0.2, 0.25) is 0 Å². The van der Waals surface area contributed by atoms with Gasteiger partial charge >= 0.3 is 5.97 Å². The van der Waals surface area contributed by atoms with Crippen molar-refractivity contribution in [2.75, 3.05) is 6.61 Å². The Morgan fingerprint density at radius 1 is 0.931 bits per heavy atom. The van der Waals surface area contributed by atoms with E-state index in [-0.39, 0.29) is 28.4 Å². The third-order valence-corrected chi connectivity index (χ3v) is 5.65. The molecule has 4 aromatic rings. The van der Waals surface area contributed by atoms with Gasteiger partial charge in [0.25, 0.3) is 5.56 Å². The summed E-state index contributed by atoms with van der Waals surface area (Å²) >= 11 is 1.10. The van der Waals surface area contributed by atoms with E-state index in [1.54, 1.807) is 37.3 Å². The van der Waals surface area contributed by atoms with E-state index in [1.165, 1.54) is 10.6 Å². The molecule has 0 aliphatic carbocycles. The van der Waals surface area contributed by atoms with Gasteiger partial charge in [-0.3, -0.25) is 14.2 Å². The zero-order valence-corrected chi connectivity index (χ0v) is 16.4. The Hall–Kier alpha value is -3.51. The topological polar surface area (TPSA) is 65.4 Å². The number of nitrogens with zero attached hydrogens (tertiary/aromatic N) is 1. The Labute approximate surface area is 170 Å². The number of ketones is 1. The monoisotopic (exact) mass is 403 g/mol. The molecule has 0 saturated carbocycles. The van der Waals surface area contributed by atoms with Crippen LogP contribution in [0.3, 0.4) is 0 Å². The number of pyridine rings is 1. The van der Waals surface area contributed by atoms with Crippen molar-refractivity contribution in [3.8, 4) is 5.69 Å². The number of esters is 1. The maximum atomic E-state index is 13.3. The van der Waals surface area contributed by atoms with Gasteiger partial charge in [0.1, 0.15) is 9.71 Å². The molecule has 0 saturated heterocycles. The van der Waals surface area contributed by atoms with Crippen molar-refractivity contribution in [3.05, 3.63) is 99.2 Å². The Bertz CT molecular complexity index is 1260. The summed E-state index contributed by atoms with van der Waals surface area (Å²) in [5.74, 6) is -0.849. The second-order valence-electron chi connectivity index (χ2n) is 6.28. The number of carbonyl (C=O) groups excluding carboxylic acids is 2. The van der Waals surface area contributed by atoms with Crippen molar-refractivity contribution in [1.82, 2.24) is 4.57 Å². The molecule has 2 heterocycles. The lowest BCUT2D eigenvalue weighted by molar-refractivity contribution is 0.0529. The lowest BCUT2D eigenvalue weighted by Crippen LogP contribution is -2.16. The molecule has 0 N–H and O–H groups in total. The highest BCUT2D eigenvalue weighted by atomic mass is 32.1. The third kappa shape index (κ3) is 3.39. The highest BCUT2D eigenvalue weighted by Crippen LogP contribution is 2.34. The Balaban J connectivity index is 2.03. The Morgan fingerprint density at radius 3 is 2.24 bits per heavy atom. The van der Waals surface area contributed by atoms with Crippen LogP contribution in [0.1, 0.15) is 32.5 Å². The number of para-hydroxylation sites is 1. The van der Waals surface area contributed by atoms with Crippen LogP contribution in [0.2, 0.25) is 0 Å². The number of fused-ring (bicyclic) bond motifs is 1. The largest absolute Gasteiger partial charge is 0.462 e. The number of ether oxygens (including phenoxy) is 1. The van der Waals surface area contributed by atoms with Crippen LogP contribution in [0.15, 0.2) is 77.6 Å². The first-order chi connectivity index (χ1) is 14.1. The first kappa shape index (κ1) is 18.8. The van der Waals surface area contributed by atoms with E-state index in [0.717, 1.165) is 11.3 Å². The molecule has 29 heavy (non-hydrogen) atoms. The molecule has 0 unspecified atom stereocenters. The quantitative estimate of drug-likeness (QED) is 0.365. The molecular weight excluding hydrogens is 386 g/mol. The molecule has 0 aliphatic rings. The Kier molecular flexibility index (Phi) is 5.10. The van der Waals surface area contributed by atoms with E-state index in [1.807, 2.05) is 36.4 Å². The summed E-state index contributed by atoms with van der Waals surface area (Å²) in [6.07, 6.45) is 0. The second-order valence-corrected chi connectivity index (χ2v) is 7.28. The molecule has 0 fully saturated rings. The van der Waals surface area contributed by atoms with Crippen LogP contribution in [0.25, 0.3) is 15.9 Å². The average molecular weight is 403 g/mol. The summed E-state index contributed by atoms with van der Waals surface area (Å²) in [6, 6.07) is 20.9. The van der Waals surface area contributed by atoms with E-state index < -0.39 is 5.97 Å². The number of carbonyl (C=O) groups is 2. The van der Waals surface area contributed by atoms with E-state index >= 15 is 0 Å². The van der Waals surface area contributed by atoms with Gasteiger partial charge < -0.3 is 4.74 Å². The molecule has 0 spiro atoms. The predicted molar refractivity (Wildman–Crippen MR) is 113 cm³/mol. The van der Waals surface area contributed by atoms with Crippen LogP contribution in [0.5, 0.6) is 0 Å². The molecular formula is C23H17NO4S. The number of hydrogen-bond acceptors (Lipinski definition) is 5. The van der Waals surface area contributed by atoms with E-state index in [4.69, 9.17) is 4.74 Å². The van der Waals surface area contributed by atoms with Crippen molar-refractivity contribution in [2.24, 2.45) is 0 Å². The highest BCUT2D eigenvalue weighted by molar-refractivity contribution is 7.21. The minimum Gasteiger partial charge on any atom is -0.462 e. The average Bonchev–Trinajstić information content (AvgIpc) is 3.14. The predicted octanol–water partition coefficient (Wildman–Crippen LogP) is 4.46. The minimum absolute atomic E-state index is 0.192. The summed E-state index contributed by atoms with van der Waals surface area (Å²) < 4.78 is 6.71. The van der Waals surface area contributed by atoms with Gasteiger partial charge in [-0.1, -0.05) is 48.5 Å². The Morgan fingerprint density at radius 2 is 1.59 bits per heavy atom. The lowest BCUT2D eigenvalue weighted by atomic mass is 10.0. The molecule has 0 amide bonds. The first-order valence-corrected chi connectivity index (χ1v) is 9.94. The molecule has 4 rings (SSSR count). The molecule has 2 aromatic carbocycles. The van der Waals surface area contributed by atoms with Gasteiger partial charge in [-0.25, -0.2) is 4.79 Å². The SMILES string of the molecule is CCOC(=O)c1sc2c(ccc(=O)n2-c2ccccc2)c1C(=O)c1ccccc1. The number of benzene rings is 2. The number of rotatable bonds is 5. The van der Waals surface area contributed by atoms with Crippen molar-refractivity contribution in [1.29, 1.82) is 0 Å². The summed E-state index contributed by atoms with van der Waals surface area (Å²) in [6.45, 7) is 1.90. The van der Waals surface area contributed by atoms with Crippen LogP contribution >= 0.6 is 11.3 Å². The van der Waals surface area contributed by atoms with Gasteiger partial charge in [0.05, 0.1) is 17.9 Å². The summed E-state index contributed by atoms with van der Waals surface area (Å²) in [5, 5.41) is 0.551. The zero-order valence-electron chi connectivity index (χ0n) is 15.6. The fraction of sp³-hybridized carbons (Fsp3) is 0.0870. The highest BCUT2D eigenvalue weighted by Gasteiger charge is 2.27. The summed E-state index contributed by atoms with van der Waals surface area (Å²) in [7, 11) is 0. The van der Waals surface area contributed by atoms with Crippen LogP contribution in [-0.2, 0) is 4.74 Å². The lowest BCUT2D eigenvalue weighted by Gasteiger charge is -2.07. The number of aromatic nitrogens is 1. The molecule has 6 heteroatoms. The fourth-order valence-corrected chi connectivity index (χ4v) is 4.41. The van der Waals surface area contributed by atoms with Gasteiger partial charge in [0, 0.05) is 17.0 Å². The van der Waals surface area contributed by atoms with Crippen molar-refractivity contribution < 1.29 is 14.3 Å². The van der Waals surface area contributed by atoms with E-state index in [9.17, 15) is 14.4 Å². The number of thiophene rings is 1. The van der Waals surface area contributed by atoms with Gasteiger partial charge in [-0.05, 0) is 25.1 Å². The van der Waals surface area contributed by atoms with Gasteiger partial charge in [-0.2, -0.15) is 0 Å². The number of hydrogen-bond donors (Lipinski definition) is 0. The van der Waals surface area contributed by atoms with Crippen LogP contribution < -0.4 is 5.56 Å². The maximum absolute atomic E-state index is 13.3. The minimum atomic E-state index is -0.569. The molecule has 5 nitrogen and oxygen atoms in total. The van der Waals surface area contributed by atoms with Crippen LogP contribution in [0, 0.1) is 0 Å². The normalized spacial score (nSPS) is 10.8. The third-order valence-electron chi connectivity index (χ3n) is 4.48. The first-order valence-electron chi connectivity index (χ1n) is 9.12. The maximum Gasteiger partial charge on any atom is 0.349 e. The molecule has 0 aliphatic heterocycles. The fourth-order valence-electron chi connectivity index (χ4n) is 3.20. The van der Waals surface area contributed by atoms with Gasteiger partial charge in [-0.15, -0.1) is 11.3 Å². The van der Waals surface area contributed by atoms with Crippen LogP contribution in [-0.4, -0.2) is 22.9 Å². The molecule has 0 bridgehead atoms. The molecule has 2 aromatic heterocycles. The van der Waals surface area contributed by atoms with E-state index in [2.05, 4.69) is 0 Å². The van der Waals surface area contributed by atoms with Crippen molar-refractivity contribution in [2.45, 2.75) is 6.92 Å². The van der Waals surface area contributed by atoms with Crippen LogP contribution in [0.4, 0.5) is 0 Å². The zero-order chi connectivity index (χ0) is 20.4. The van der Waals surface area contributed by atoms with Crippen molar-refractivity contribution >= 4 is 33.3 Å². The van der Waals surface area contributed by atoms with Crippen molar-refractivity contribution in [3.63, 3.8) is 0 Å². The smallest absolute Gasteiger partial charge is 0.349 e. The second kappa shape index (κ2) is 7.85. The summed E-state index contributed by atoms with van der Waals surface area (Å²) in [4.78, 5) is 39.3. The molecule has 144 valence electrons. The molecule has 0 atom stereocenters. The standard InChI is InChI=1S/C23H17NO4S/c1-2-28-23(27)21-19(20(26)15-9-5-3-6-10-15)17-13-14-18(25)24(22(17)29-21)16-11-7-4-8-12-16/h3-14H,2H2,1H3. The van der Waals surface area contributed by atoms with E-state index in [0.29, 0.717) is 21.5 Å².